The lowest BCUT2D eigenvalue weighted by Gasteiger charge is -2.13. The summed E-state index contributed by atoms with van der Waals surface area (Å²) in [5.41, 5.74) is 5.47. The second kappa shape index (κ2) is 11.5. The van der Waals surface area contributed by atoms with E-state index in [9.17, 15) is 21.4 Å². The number of benzene rings is 1. The fourth-order valence-electron chi connectivity index (χ4n) is 2.08. The van der Waals surface area contributed by atoms with Gasteiger partial charge in [-0.05, 0) is 18.2 Å². The van der Waals surface area contributed by atoms with Crippen LogP contribution in [0.1, 0.15) is 0 Å². The minimum atomic E-state index is -4.55. The van der Waals surface area contributed by atoms with Crippen LogP contribution in [0.25, 0.3) is 0 Å². The molecule has 0 saturated heterocycles. The van der Waals surface area contributed by atoms with E-state index in [-0.39, 0.29) is 48.1 Å². The Bertz CT molecular complexity index is 1130. The average molecular weight is 514 g/mol. The van der Waals surface area contributed by atoms with Crippen LogP contribution in [0.3, 0.4) is 0 Å². The first-order valence-electron chi connectivity index (χ1n) is 8.44. The zero-order valence-electron chi connectivity index (χ0n) is 16.0. The maximum atomic E-state index is 11.5. The molecule has 0 amide bonds. The van der Waals surface area contributed by atoms with Crippen molar-refractivity contribution in [3.05, 3.63) is 18.2 Å². The van der Waals surface area contributed by atoms with Gasteiger partial charge in [0.05, 0.1) is 33.3 Å². The van der Waals surface area contributed by atoms with Crippen LogP contribution in [0.4, 0.5) is 23.5 Å². The maximum Gasteiger partial charge on any atom is 0.294 e. The monoisotopic (exact) mass is 513 g/mol. The maximum absolute atomic E-state index is 11.5. The molecule has 0 spiro atoms. The smallest absolute Gasteiger partial charge is 0.294 e. The van der Waals surface area contributed by atoms with Crippen LogP contribution in [0.2, 0.25) is 0 Å². The largest absolute Gasteiger partial charge is 0.353 e. The van der Waals surface area contributed by atoms with Crippen LogP contribution in [0.15, 0.2) is 28.0 Å². The van der Waals surface area contributed by atoms with Gasteiger partial charge in [-0.25, -0.2) is 5.26 Å². The van der Waals surface area contributed by atoms with Crippen LogP contribution in [-0.2, 0) is 29.6 Å². The molecule has 16 nitrogen and oxygen atoms in total. The third-order valence-electron chi connectivity index (χ3n) is 3.36. The van der Waals surface area contributed by atoms with Crippen LogP contribution in [0, 0.1) is 0 Å². The average Bonchev–Trinajstić information content (AvgIpc) is 2.69. The minimum absolute atomic E-state index is 0.0297. The molecular formula is C13H19N7O9S3. The Morgan fingerprint density at radius 2 is 1.62 bits per heavy atom. The molecule has 0 radical (unpaired) electrons. The van der Waals surface area contributed by atoms with Gasteiger partial charge in [-0.2, -0.15) is 31.8 Å². The van der Waals surface area contributed by atoms with Gasteiger partial charge in [-0.15, -0.1) is 4.33 Å². The molecule has 0 aliphatic carbocycles. The summed E-state index contributed by atoms with van der Waals surface area (Å²) in [6.45, 7) is 0.310. The van der Waals surface area contributed by atoms with Gasteiger partial charge in [0.15, 0.2) is 0 Å². The highest BCUT2D eigenvalue weighted by atomic mass is 32.2. The van der Waals surface area contributed by atoms with E-state index in [1.165, 1.54) is 6.07 Å². The molecule has 2 aromatic rings. The Balaban J connectivity index is 2.38. The van der Waals surface area contributed by atoms with E-state index in [1.54, 1.807) is 0 Å². The molecule has 19 heteroatoms. The molecule has 0 bridgehead atoms. The Hall–Kier alpha value is -2.36. The summed E-state index contributed by atoms with van der Waals surface area (Å²) in [5, 5.41) is 20.0. The number of nitrogens with one attached hydrogen (secondary N) is 3. The van der Waals surface area contributed by atoms with Crippen molar-refractivity contribution in [1.29, 1.82) is 0 Å². The highest BCUT2D eigenvalue weighted by Gasteiger charge is 2.16. The van der Waals surface area contributed by atoms with Gasteiger partial charge < -0.3 is 21.7 Å². The van der Waals surface area contributed by atoms with E-state index in [0.717, 1.165) is 12.1 Å². The standard InChI is InChI=1S/C13H19N7O9S3/c14-3-4-15-11-18-12(16-5-6-31(22,23)24)20-13(19-11)17-9-7-8(32(25,26)27)1-2-10(9)30-29-28-21/h1-2,7,21H,3-6,14H2,(H,22,23,24)(H,25,26,27)(H3,15,16,17,18,19,20). The molecule has 1 aromatic heterocycles. The number of hydrogen-bond acceptors (Lipinski definition) is 15. The molecule has 2 rings (SSSR count). The molecule has 0 aliphatic heterocycles. The molecule has 178 valence electrons. The fourth-order valence-corrected chi connectivity index (χ4v) is 3.37. The van der Waals surface area contributed by atoms with Crippen molar-refractivity contribution in [2.24, 2.45) is 5.73 Å². The van der Waals surface area contributed by atoms with Crippen molar-refractivity contribution in [3.8, 4) is 0 Å². The number of anilines is 4. The third kappa shape index (κ3) is 8.64. The van der Waals surface area contributed by atoms with Crippen molar-refractivity contribution >= 4 is 55.8 Å². The van der Waals surface area contributed by atoms with Crippen LogP contribution >= 0.6 is 12.0 Å². The topological polar surface area (TPSA) is 248 Å². The van der Waals surface area contributed by atoms with Gasteiger partial charge in [-0.3, -0.25) is 9.11 Å². The van der Waals surface area contributed by atoms with Gasteiger partial charge in [0, 0.05) is 19.6 Å². The quantitative estimate of drug-likeness (QED) is 0.0802. The first-order chi connectivity index (χ1) is 15.0. The first-order valence-corrected chi connectivity index (χ1v) is 12.2. The minimum Gasteiger partial charge on any atom is -0.353 e. The summed E-state index contributed by atoms with van der Waals surface area (Å²) in [6, 6.07) is 3.36. The predicted octanol–water partition coefficient (Wildman–Crippen LogP) is -0.0395. The third-order valence-corrected chi connectivity index (χ3v) is 5.59. The van der Waals surface area contributed by atoms with Gasteiger partial charge in [0.2, 0.25) is 17.8 Å². The summed E-state index contributed by atoms with van der Waals surface area (Å²) in [5.74, 6) is -0.783. The molecule has 0 saturated carbocycles. The molecule has 1 aromatic carbocycles. The zero-order valence-corrected chi connectivity index (χ0v) is 18.4. The summed E-state index contributed by atoms with van der Waals surface area (Å²) >= 11 is 0.500. The number of rotatable bonds is 13. The predicted molar refractivity (Wildman–Crippen MR) is 112 cm³/mol. The molecule has 0 fully saturated rings. The van der Waals surface area contributed by atoms with Gasteiger partial charge in [0.25, 0.3) is 20.2 Å². The van der Waals surface area contributed by atoms with E-state index in [0.29, 0.717) is 12.0 Å². The van der Waals surface area contributed by atoms with Crippen molar-refractivity contribution in [2.45, 2.75) is 9.79 Å². The molecule has 32 heavy (non-hydrogen) atoms. The van der Waals surface area contributed by atoms with E-state index in [2.05, 4.69) is 40.3 Å². The molecule has 0 atom stereocenters. The fraction of sp³-hybridized carbons (Fsp3) is 0.308. The summed E-state index contributed by atoms with van der Waals surface area (Å²) in [6.07, 6.45) is 0. The molecule has 0 aliphatic rings. The van der Waals surface area contributed by atoms with Gasteiger partial charge >= 0.3 is 0 Å². The summed E-state index contributed by atoms with van der Waals surface area (Å²) in [7, 11) is -8.77. The molecular weight excluding hydrogens is 494 g/mol. The lowest BCUT2D eigenvalue weighted by atomic mass is 10.3. The molecule has 0 unspecified atom stereocenters. The lowest BCUT2D eigenvalue weighted by molar-refractivity contribution is -0.432. The van der Waals surface area contributed by atoms with Crippen LogP contribution in [0.5, 0.6) is 0 Å². The SMILES string of the molecule is NCCNc1nc(NCCS(=O)(=O)O)nc(Nc2cc(S(=O)(=O)O)ccc2SOOO)n1. The molecule has 8 N–H and O–H groups in total. The zero-order chi connectivity index (χ0) is 23.8. The Morgan fingerprint density at radius 1 is 1.00 bits per heavy atom. The number of hydrogen-bond donors (Lipinski definition) is 7. The van der Waals surface area contributed by atoms with Gasteiger partial charge in [-0.1, -0.05) is 5.04 Å². The van der Waals surface area contributed by atoms with Crippen molar-refractivity contribution in [2.75, 3.05) is 41.3 Å². The number of nitrogens with zero attached hydrogens (tertiary/aromatic N) is 3. The Kier molecular flexibility index (Phi) is 9.30. The Morgan fingerprint density at radius 3 is 2.19 bits per heavy atom. The molecule has 1 heterocycles. The van der Waals surface area contributed by atoms with Crippen molar-refractivity contribution < 1.29 is 40.6 Å². The van der Waals surface area contributed by atoms with E-state index >= 15 is 0 Å². The highest BCUT2D eigenvalue weighted by molar-refractivity contribution is 7.94. The second-order valence-corrected chi connectivity index (χ2v) is 9.45. The lowest BCUT2D eigenvalue weighted by Crippen LogP contribution is -2.19. The number of aromatic nitrogens is 3. The first kappa shape index (κ1) is 25.9. The summed E-state index contributed by atoms with van der Waals surface area (Å²) < 4.78 is 67.2. The second-order valence-electron chi connectivity index (χ2n) is 5.72. The van der Waals surface area contributed by atoms with E-state index in [1.807, 2.05) is 0 Å². The summed E-state index contributed by atoms with van der Waals surface area (Å²) in [4.78, 5) is 11.9. The van der Waals surface area contributed by atoms with Crippen LogP contribution in [-0.4, -0.2) is 71.5 Å². The van der Waals surface area contributed by atoms with Crippen LogP contribution < -0.4 is 21.7 Å². The van der Waals surface area contributed by atoms with E-state index < -0.39 is 30.9 Å². The van der Waals surface area contributed by atoms with Crippen molar-refractivity contribution in [3.63, 3.8) is 0 Å². The van der Waals surface area contributed by atoms with E-state index in [4.69, 9.17) is 15.5 Å². The normalized spacial score (nSPS) is 11.9. The number of nitrogens with two attached hydrogens (primary N) is 1. The van der Waals surface area contributed by atoms with Gasteiger partial charge in [0.1, 0.15) is 0 Å². The van der Waals surface area contributed by atoms with Crippen molar-refractivity contribution in [1.82, 2.24) is 15.0 Å². The highest BCUT2D eigenvalue weighted by Crippen LogP contribution is 2.32. The Labute approximate surface area is 186 Å².